The highest BCUT2D eigenvalue weighted by atomic mass is 16.5. The molecule has 28 heavy (non-hydrogen) atoms. The van der Waals surface area contributed by atoms with Crippen molar-refractivity contribution in [1.82, 2.24) is 10.2 Å². The molecule has 0 saturated carbocycles. The summed E-state index contributed by atoms with van der Waals surface area (Å²) in [5, 5.41) is 3.21. The van der Waals surface area contributed by atoms with E-state index in [-0.39, 0.29) is 11.8 Å². The van der Waals surface area contributed by atoms with Crippen LogP contribution in [0.4, 0.5) is 0 Å². The Labute approximate surface area is 168 Å². The molecule has 0 radical (unpaired) electrons. The van der Waals surface area contributed by atoms with Crippen molar-refractivity contribution in [3.63, 3.8) is 0 Å². The van der Waals surface area contributed by atoms with Crippen molar-refractivity contribution in [3.8, 4) is 5.75 Å². The number of amides is 1. The molecule has 1 aliphatic rings. The fourth-order valence-electron chi connectivity index (χ4n) is 4.30. The number of carbonyl (C=O) groups is 1. The second-order valence-corrected chi connectivity index (χ2v) is 7.92. The summed E-state index contributed by atoms with van der Waals surface area (Å²) < 4.78 is 5.29. The number of hydrogen-bond acceptors (Lipinski definition) is 3. The number of carbonyl (C=O) groups excluding carboxylic acids is 1. The molecule has 3 unspecified atom stereocenters. The van der Waals surface area contributed by atoms with Gasteiger partial charge in [-0.25, -0.2) is 0 Å². The van der Waals surface area contributed by atoms with Gasteiger partial charge in [0, 0.05) is 19.0 Å². The molecule has 4 nitrogen and oxygen atoms in total. The summed E-state index contributed by atoms with van der Waals surface area (Å²) in [7, 11) is 3.87. The average molecular weight is 381 g/mol. The summed E-state index contributed by atoms with van der Waals surface area (Å²) >= 11 is 0. The summed E-state index contributed by atoms with van der Waals surface area (Å²) in [6.45, 7) is 3.93. The molecule has 0 aliphatic carbocycles. The highest BCUT2D eigenvalue weighted by Crippen LogP contribution is 2.35. The van der Waals surface area contributed by atoms with Crippen molar-refractivity contribution in [3.05, 3.63) is 65.7 Å². The largest absolute Gasteiger partial charge is 0.497 e. The smallest absolute Gasteiger partial charge is 0.220 e. The fraction of sp³-hybridized carbons (Fsp3) is 0.458. The number of nitrogens with zero attached hydrogens (tertiary/aromatic N) is 1. The molecular formula is C24H32N2O2. The van der Waals surface area contributed by atoms with Gasteiger partial charge in [-0.15, -0.1) is 0 Å². The molecule has 3 rings (SSSR count). The quantitative estimate of drug-likeness (QED) is 0.775. The minimum absolute atomic E-state index is 0.137. The Morgan fingerprint density at radius 2 is 1.89 bits per heavy atom. The highest BCUT2D eigenvalue weighted by Gasteiger charge is 2.30. The topological polar surface area (TPSA) is 41.6 Å². The van der Waals surface area contributed by atoms with Crippen LogP contribution in [0.2, 0.25) is 0 Å². The number of ether oxygens (including phenoxy) is 1. The van der Waals surface area contributed by atoms with Crippen molar-refractivity contribution in [2.24, 2.45) is 5.92 Å². The molecule has 1 aliphatic heterocycles. The van der Waals surface area contributed by atoms with Gasteiger partial charge in [0.05, 0.1) is 7.11 Å². The van der Waals surface area contributed by atoms with E-state index < -0.39 is 0 Å². The Balaban J connectivity index is 1.60. The molecule has 0 spiro atoms. The first-order chi connectivity index (χ1) is 13.6. The molecule has 1 N–H and O–H groups in total. The molecule has 2 aromatic rings. The van der Waals surface area contributed by atoms with Crippen molar-refractivity contribution in [2.45, 2.75) is 38.1 Å². The van der Waals surface area contributed by atoms with E-state index in [2.05, 4.69) is 48.5 Å². The van der Waals surface area contributed by atoms with Gasteiger partial charge in [-0.3, -0.25) is 9.69 Å². The number of rotatable bonds is 7. The van der Waals surface area contributed by atoms with Crippen LogP contribution in [0.1, 0.15) is 49.3 Å². The summed E-state index contributed by atoms with van der Waals surface area (Å²) in [5.41, 5.74) is 2.51. The maximum atomic E-state index is 12.5. The number of likely N-dealkylation sites (tertiary alicyclic amines) is 1. The van der Waals surface area contributed by atoms with Gasteiger partial charge in [0.2, 0.25) is 5.91 Å². The van der Waals surface area contributed by atoms with Crippen LogP contribution < -0.4 is 10.1 Å². The van der Waals surface area contributed by atoms with E-state index in [1.165, 1.54) is 17.5 Å². The number of piperidine rings is 1. The van der Waals surface area contributed by atoms with Gasteiger partial charge in [-0.2, -0.15) is 0 Å². The first-order valence-corrected chi connectivity index (χ1v) is 10.2. The van der Waals surface area contributed by atoms with E-state index in [9.17, 15) is 4.79 Å². The summed E-state index contributed by atoms with van der Waals surface area (Å²) in [5.74, 6) is 1.66. The Kier molecular flexibility index (Phi) is 7.10. The second kappa shape index (κ2) is 9.74. The highest BCUT2D eigenvalue weighted by molar-refractivity contribution is 5.76. The zero-order chi connectivity index (χ0) is 19.9. The second-order valence-electron chi connectivity index (χ2n) is 7.92. The lowest BCUT2D eigenvalue weighted by Gasteiger charge is -2.39. The van der Waals surface area contributed by atoms with Gasteiger partial charge < -0.3 is 10.1 Å². The molecule has 0 bridgehead atoms. The number of nitrogens with one attached hydrogen (secondary N) is 1. The third kappa shape index (κ3) is 5.14. The summed E-state index contributed by atoms with van der Waals surface area (Å²) in [4.78, 5) is 14.9. The predicted molar refractivity (Wildman–Crippen MR) is 114 cm³/mol. The van der Waals surface area contributed by atoms with Crippen molar-refractivity contribution in [2.75, 3.05) is 27.2 Å². The molecule has 1 saturated heterocycles. The molecule has 3 atom stereocenters. The van der Waals surface area contributed by atoms with E-state index in [1.54, 1.807) is 7.11 Å². The van der Waals surface area contributed by atoms with Gasteiger partial charge in [0.15, 0.2) is 0 Å². The third-order valence-corrected chi connectivity index (χ3v) is 5.89. The lowest BCUT2D eigenvalue weighted by Crippen LogP contribution is -2.41. The van der Waals surface area contributed by atoms with Crippen molar-refractivity contribution in [1.29, 1.82) is 0 Å². The number of methoxy groups -OCH3 is 1. The lowest BCUT2D eigenvalue weighted by atomic mass is 9.84. The zero-order valence-electron chi connectivity index (χ0n) is 17.2. The SMILES string of the molecule is COc1ccc(C2C(CNC(=O)CC(C)c3ccccc3)CCCN2C)cc1. The van der Waals surface area contributed by atoms with Crippen molar-refractivity contribution < 1.29 is 9.53 Å². The molecule has 4 heteroatoms. The van der Waals surface area contributed by atoms with Crippen molar-refractivity contribution >= 4 is 5.91 Å². The van der Waals surface area contributed by atoms with E-state index in [4.69, 9.17) is 4.74 Å². The maximum Gasteiger partial charge on any atom is 0.220 e. The minimum Gasteiger partial charge on any atom is -0.497 e. The first kappa shape index (κ1) is 20.4. The van der Waals surface area contributed by atoms with Crippen LogP contribution in [0.25, 0.3) is 0 Å². The van der Waals surface area contributed by atoms with E-state index in [1.807, 2.05) is 30.3 Å². The van der Waals surface area contributed by atoms with Gasteiger partial charge >= 0.3 is 0 Å². The van der Waals surface area contributed by atoms with Crippen LogP contribution in [-0.4, -0.2) is 38.1 Å². The van der Waals surface area contributed by atoms with Gasteiger partial charge in [0.1, 0.15) is 5.75 Å². The zero-order valence-corrected chi connectivity index (χ0v) is 17.2. The number of hydrogen-bond donors (Lipinski definition) is 1. The molecule has 2 aromatic carbocycles. The Morgan fingerprint density at radius 3 is 2.57 bits per heavy atom. The molecule has 1 amide bonds. The van der Waals surface area contributed by atoms with Crippen LogP contribution >= 0.6 is 0 Å². The monoisotopic (exact) mass is 380 g/mol. The molecular weight excluding hydrogens is 348 g/mol. The van der Waals surface area contributed by atoms with E-state index in [0.717, 1.165) is 25.3 Å². The lowest BCUT2D eigenvalue weighted by molar-refractivity contribution is -0.121. The molecule has 0 aromatic heterocycles. The predicted octanol–water partition coefficient (Wildman–Crippen LogP) is 4.39. The van der Waals surface area contributed by atoms with Gasteiger partial charge in [-0.1, -0.05) is 49.4 Å². The molecule has 150 valence electrons. The Bertz CT molecular complexity index is 745. The van der Waals surface area contributed by atoms with Crippen LogP contribution in [-0.2, 0) is 4.79 Å². The standard InChI is InChI=1S/C24H32N2O2/c1-18(19-8-5-4-6-9-19)16-23(27)25-17-21-10-7-15-26(2)24(21)20-11-13-22(28-3)14-12-20/h4-6,8-9,11-14,18,21,24H,7,10,15-17H2,1-3H3,(H,25,27). The third-order valence-electron chi connectivity index (χ3n) is 5.89. The normalized spacial score (nSPS) is 21.1. The molecule has 1 fully saturated rings. The van der Waals surface area contributed by atoms with Crippen LogP contribution in [0.3, 0.4) is 0 Å². The molecule has 1 heterocycles. The van der Waals surface area contributed by atoms with Gasteiger partial charge in [-0.05, 0) is 61.5 Å². The van der Waals surface area contributed by atoms with Gasteiger partial charge in [0.25, 0.3) is 0 Å². The Hall–Kier alpha value is -2.33. The minimum atomic E-state index is 0.137. The van der Waals surface area contributed by atoms with E-state index >= 15 is 0 Å². The Morgan fingerprint density at radius 1 is 1.18 bits per heavy atom. The van der Waals surface area contributed by atoms with Crippen LogP contribution in [0.15, 0.2) is 54.6 Å². The summed E-state index contributed by atoms with van der Waals surface area (Å²) in [6.07, 6.45) is 2.83. The van der Waals surface area contributed by atoms with Crippen LogP contribution in [0.5, 0.6) is 5.75 Å². The average Bonchev–Trinajstić information content (AvgIpc) is 2.73. The number of benzene rings is 2. The van der Waals surface area contributed by atoms with E-state index in [0.29, 0.717) is 18.4 Å². The maximum absolute atomic E-state index is 12.5. The summed E-state index contributed by atoms with van der Waals surface area (Å²) in [6, 6.07) is 18.9. The first-order valence-electron chi connectivity index (χ1n) is 10.2. The van der Waals surface area contributed by atoms with Crippen LogP contribution in [0, 0.1) is 5.92 Å². The fourth-order valence-corrected chi connectivity index (χ4v) is 4.30.